The lowest BCUT2D eigenvalue weighted by Crippen LogP contribution is -2.46. The van der Waals surface area contributed by atoms with Gasteiger partial charge in [0.05, 0.1) is 12.2 Å². The molecule has 2 aliphatic heterocycles. The van der Waals surface area contributed by atoms with Crippen molar-refractivity contribution in [1.82, 2.24) is 9.97 Å². The van der Waals surface area contributed by atoms with Crippen molar-refractivity contribution in [3.63, 3.8) is 0 Å². The summed E-state index contributed by atoms with van der Waals surface area (Å²) in [6, 6.07) is 3.89. The molecule has 0 aliphatic carbocycles. The van der Waals surface area contributed by atoms with E-state index in [-0.39, 0.29) is 5.60 Å². The maximum atomic E-state index is 11.4. The van der Waals surface area contributed by atoms with Crippen LogP contribution in [0.5, 0.6) is 0 Å². The van der Waals surface area contributed by atoms with Gasteiger partial charge in [0, 0.05) is 42.6 Å². The predicted molar refractivity (Wildman–Crippen MR) is 105 cm³/mol. The number of carboxylic acids is 1. The molecule has 1 spiro atoms. The van der Waals surface area contributed by atoms with Crippen LogP contribution < -0.4 is 4.90 Å². The van der Waals surface area contributed by atoms with E-state index in [2.05, 4.69) is 22.9 Å². The Labute approximate surface area is 163 Å². The standard InChI is InChI=1S/C20H25N3O3S/c1-3-4-17-21-13(2)11-18(22-17)23-8-6-20(7-9-23)14-12-16(19(24)25)27-15(14)5-10-26-20/h11-12H,3-10H2,1-2H3,(H,24,25). The Morgan fingerprint density at radius 2 is 2.11 bits per heavy atom. The largest absolute Gasteiger partial charge is 0.477 e. The number of nitrogens with zero attached hydrogens (tertiary/aromatic N) is 3. The van der Waals surface area contributed by atoms with Gasteiger partial charge in [0.25, 0.3) is 0 Å². The van der Waals surface area contributed by atoms with Crippen molar-refractivity contribution in [1.29, 1.82) is 0 Å². The van der Waals surface area contributed by atoms with Crippen LogP contribution >= 0.6 is 11.3 Å². The number of aromatic carboxylic acids is 1. The average Bonchev–Trinajstić information content (AvgIpc) is 3.09. The van der Waals surface area contributed by atoms with Crippen LogP contribution in [0.1, 0.15) is 57.8 Å². The Bertz CT molecular complexity index is 856. The molecule has 2 aromatic rings. The van der Waals surface area contributed by atoms with Gasteiger partial charge in [0.1, 0.15) is 16.5 Å². The van der Waals surface area contributed by atoms with Crippen molar-refractivity contribution in [3.8, 4) is 0 Å². The second-order valence-electron chi connectivity index (χ2n) is 7.37. The number of anilines is 1. The van der Waals surface area contributed by atoms with Crippen LogP contribution in [-0.4, -0.2) is 40.7 Å². The molecular formula is C20H25N3O3S. The molecule has 0 radical (unpaired) electrons. The molecule has 0 aromatic carbocycles. The first-order valence-electron chi connectivity index (χ1n) is 9.61. The number of piperidine rings is 1. The molecule has 1 N–H and O–H groups in total. The van der Waals surface area contributed by atoms with E-state index in [0.717, 1.165) is 68.1 Å². The van der Waals surface area contributed by atoms with Crippen LogP contribution in [-0.2, 0) is 23.2 Å². The Kier molecular flexibility index (Phi) is 4.90. The van der Waals surface area contributed by atoms with Crippen molar-refractivity contribution < 1.29 is 14.6 Å². The molecule has 0 saturated carbocycles. The van der Waals surface area contributed by atoms with Gasteiger partial charge in [0.15, 0.2) is 0 Å². The monoisotopic (exact) mass is 387 g/mol. The lowest BCUT2D eigenvalue weighted by molar-refractivity contribution is -0.0757. The Morgan fingerprint density at radius 3 is 2.81 bits per heavy atom. The summed E-state index contributed by atoms with van der Waals surface area (Å²) in [7, 11) is 0. The summed E-state index contributed by atoms with van der Waals surface area (Å²) < 4.78 is 6.25. The molecule has 2 aliphatic rings. The summed E-state index contributed by atoms with van der Waals surface area (Å²) in [5.74, 6) is 1.06. The molecule has 1 saturated heterocycles. The second kappa shape index (κ2) is 7.20. The normalized spacial score (nSPS) is 18.5. The van der Waals surface area contributed by atoms with E-state index >= 15 is 0 Å². The molecule has 0 atom stereocenters. The van der Waals surface area contributed by atoms with Gasteiger partial charge in [-0.05, 0) is 37.8 Å². The fourth-order valence-electron chi connectivity index (χ4n) is 4.14. The highest BCUT2D eigenvalue weighted by atomic mass is 32.1. The van der Waals surface area contributed by atoms with Gasteiger partial charge in [-0.25, -0.2) is 14.8 Å². The van der Waals surface area contributed by atoms with Crippen molar-refractivity contribution in [2.45, 2.75) is 51.6 Å². The van der Waals surface area contributed by atoms with E-state index in [0.29, 0.717) is 11.5 Å². The molecule has 6 nitrogen and oxygen atoms in total. The third-order valence-electron chi connectivity index (χ3n) is 5.47. The van der Waals surface area contributed by atoms with Crippen LogP contribution in [0.4, 0.5) is 5.82 Å². The number of aryl methyl sites for hydroxylation is 2. The SMILES string of the molecule is CCCc1nc(C)cc(N2CCC3(CC2)OCCc2sc(C(=O)O)cc23)n1. The molecule has 4 rings (SSSR count). The highest BCUT2D eigenvalue weighted by molar-refractivity contribution is 7.14. The van der Waals surface area contributed by atoms with Crippen molar-refractivity contribution in [2.24, 2.45) is 0 Å². The molecule has 0 bridgehead atoms. The van der Waals surface area contributed by atoms with Gasteiger partial charge in [-0.1, -0.05) is 6.92 Å². The van der Waals surface area contributed by atoms with Gasteiger partial charge in [-0.15, -0.1) is 11.3 Å². The van der Waals surface area contributed by atoms with Gasteiger partial charge in [0.2, 0.25) is 0 Å². The zero-order valence-corrected chi connectivity index (χ0v) is 16.6. The van der Waals surface area contributed by atoms with Crippen LogP contribution in [0.15, 0.2) is 12.1 Å². The maximum Gasteiger partial charge on any atom is 0.345 e. The van der Waals surface area contributed by atoms with Crippen molar-refractivity contribution >= 4 is 23.1 Å². The van der Waals surface area contributed by atoms with Gasteiger partial charge in [-0.3, -0.25) is 0 Å². The van der Waals surface area contributed by atoms with E-state index in [9.17, 15) is 9.90 Å². The average molecular weight is 388 g/mol. The van der Waals surface area contributed by atoms with E-state index in [1.54, 1.807) is 0 Å². The number of carboxylic acid groups (broad SMARTS) is 1. The summed E-state index contributed by atoms with van der Waals surface area (Å²) in [6.07, 6.45) is 4.44. The number of hydrogen-bond donors (Lipinski definition) is 1. The summed E-state index contributed by atoms with van der Waals surface area (Å²) in [5.41, 5.74) is 1.76. The number of fused-ring (bicyclic) bond motifs is 2. The van der Waals surface area contributed by atoms with Crippen LogP contribution in [0, 0.1) is 6.92 Å². The quantitative estimate of drug-likeness (QED) is 0.864. The molecule has 2 aromatic heterocycles. The predicted octanol–water partition coefficient (Wildman–Crippen LogP) is 3.57. The highest BCUT2D eigenvalue weighted by Gasteiger charge is 2.42. The first-order valence-corrected chi connectivity index (χ1v) is 10.4. The smallest absolute Gasteiger partial charge is 0.345 e. The lowest BCUT2D eigenvalue weighted by Gasteiger charge is -2.44. The molecule has 7 heteroatoms. The number of aromatic nitrogens is 2. The van der Waals surface area contributed by atoms with Crippen LogP contribution in [0.3, 0.4) is 0 Å². The number of ether oxygens (including phenoxy) is 1. The van der Waals surface area contributed by atoms with E-state index in [1.165, 1.54) is 16.2 Å². The Hall–Kier alpha value is -1.99. The second-order valence-corrected chi connectivity index (χ2v) is 8.50. The highest BCUT2D eigenvalue weighted by Crippen LogP contribution is 2.45. The Balaban J connectivity index is 1.56. The topological polar surface area (TPSA) is 75.6 Å². The molecule has 27 heavy (non-hydrogen) atoms. The van der Waals surface area contributed by atoms with E-state index < -0.39 is 5.97 Å². The molecule has 4 heterocycles. The minimum atomic E-state index is -0.845. The number of hydrogen-bond acceptors (Lipinski definition) is 6. The van der Waals surface area contributed by atoms with Gasteiger partial charge >= 0.3 is 5.97 Å². The molecule has 0 amide bonds. The molecule has 0 unspecified atom stereocenters. The first-order chi connectivity index (χ1) is 13.0. The minimum Gasteiger partial charge on any atom is -0.477 e. The number of carbonyl (C=O) groups is 1. The lowest BCUT2D eigenvalue weighted by atomic mass is 9.82. The van der Waals surface area contributed by atoms with E-state index in [1.807, 2.05) is 13.0 Å². The fraction of sp³-hybridized carbons (Fsp3) is 0.550. The van der Waals surface area contributed by atoms with Crippen LogP contribution in [0.2, 0.25) is 0 Å². The maximum absolute atomic E-state index is 11.4. The third-order valence-corrected chi connectivity index (χ3v) is 6.66. The van der Waals surface area contributed by atoms with Gasteiger partial charge < -0.3 is 14.7 Å². The zero-order valence-electron chi connectivity index (χ0n) is 15.8. The zero-order chi connectivity index (χ0) is 19.0. The summed E-state index contributed by atoms with van der Waals surface area (Å²) in [5, 5.41) is 9.35. The third kappa shape index (κ3) is 3.46. The number of rotatable bonds is 4. The number of thiophene rings is 1. The Morgan fingerprint density at radius 1 is 1.33 bits per heavy atom. The van der Waals surface area contributed by atoms with Crippen molar-refractivity contribution in [2.75, 3.05) is 24.6 Å². The molecule has 144 valence electrons. The first kappa shape index (κ1) is 18.4. The summed E-state index contributed by atoms with van der Waals surface area (Å²) >= 11 is 1.40. The van der Waals surface area contributed by atoms with Crippen LogP contribution in [0.25, 0.3) is 0 Å². The minimum absolute atomic E-state index is 0.345. The van der Waals surface area contributed by atoms with E-state index in [4.69, 9.17) is 9.72 Å². The van der Waals surface area contributed by atoms with Gasteiger partial charge in [-0.2, -0.15) is 0 Å². The van der Waals surface area contributed by atoms with Crippen molar-refractivity contribution in [3.05, 3.63) is 39.0 Å². The summed E-state index contributed by atoms with van der Waals surface area (Å²) in [6.45, 7) is 6.52. The summed E-state index contributed by atoms with van der Waals surface area (Å²) in [4.78, 5) is 24.6. The fourth-order valence-corrected chi connectivity index (χ4v) is 5.21. The molecule has 1 fully saturated rings. The molecular weight excluding hydrogens is 362 g/mol.